The summed E-state index contributed by atoms with van der Waals surface area (Å²) in [4.78, 5) is 0. The predicted molar refractivity (Wildman–Crippen MR) is 49.9 cm³/mol. The van der Waals surface area contributed by atoms with Crippen molar-refractivity contribution in [2.75, 3.05) is 0 Å². The minimum absolute atomic E-state index is 0.0143. The lowest BCUT2D eigenvalue weighted by Gasteiger charge is -2.15. The van der Waals surface area contributed by atoms with Crippen LogP contribution in [0.3, 0.4) is 0 Å². The van der Waals surface area contributed by atoms with E-state index >= 15 is 0 Å². The minimum atomic E-state index is -1.37. The van der Waals surface area contributed by atoms with E-state index in [4.69, 9.17) is 0 Å². The van der Waals surface area contributed by atoms with Crippen LogP contribution in [0.25, 0.3) is 0 Å². The second-order valence-corrected chi connectivity index (χ2v) is 3.76. The molecule has 0 bridgehead atoms. The Morgan fingerprint density at radius 3 is 1.43 bits per heavy atom. The van der Waals surface area contributed by atoms with Crippen molar-refractivity contribution in [3.8, 4) is 0 Å². The predicted octanol–water partition coefficient (Wildman–Crippen LogP) is 3.84. The monoisotopic (exact) mass is 202 g/mol. The maximum absolute atomic E-state index is 13.2. The van der Waals surface area contributed by atoms with E-state index < -0.39 is 17.5 Å². The van der Waals surface area contributed by atoms with E-state index in [1.807, 2.05) is 13.8 Å². The van der Waals surface area contributed by atoms with Gasteiger partial charge in [0.1, 0.15) is 0 Å². The molecular formula is C11H13F3. The van der Waals surface area contributed by atoms with Gasteiger partial charge in [0.05, 0.1) is 0 Å². The molecule has 0 fully saturated rings. The minimum Gasteiger partial charge on any atom is -0.203 e. The van der Waals surface area contributed by atoms with Crippen molar-refractivity contribution >= 4 is 0 Å². The number of hydrogen-bond donors (Lipinski definition) is 0. The highest BCUT2D eigenvalue weighted by Gasteiger charge is 2.21. The van der Waals surface area contributed by atoms with Crippen LogP contribution in [0.5, 0.6) is 0 Å². The van der Waals surface area contributed by atoms with Gasteiger partial charge in [0.25, 0.3) is 0 Å². The number of benzene rings is 1. The molecule has 0 unspecified atom stereocenters. The first kappa shape index (κ1) is 11.1. The second-order valence-electron chi connectivity index (χ2n) is 3.76. The van der Waals surface area contributed by atoms with E-state index in [2.05, 4.69) is 0 Å². The molecule has 0 atom stereocenters. The Labute approximate surface area is 81.8 Å². The lowest BCUT2D eigenvalue weighted by atomic mass is 9.92. The van der Waals surface area contributed by atoms with Gasteiger partial charge in [0.15, 0.2) is 17.5 Å². The molecule has 1 aromatic carbocycles. The van der Waals surface area contributed by atoms with E-state index in [0.29, 0.717) is 5.56 Å². The topological polar surface area (TPSA) is 0 Å². The van der Waals surface area contributed by atoms with Gasteiger partial charge < -0.3 is 0 Å². The van der Waals surface area contributed by atoms with Gasteiger partial charge in [-0.05, 0) is 36.5 Å². The van der Waals surface area contributed by atoms with Crippen LogP contribution in [-0.2, 0) is 0 Å². The normalized spacial score (nSPS) is 11.1. The molecule has 0 N–H and O–H groups in total. The molecular weight excluding hydrogens is 189 g/mol. The van der Waals surface area contributed by atoms with Crippen molar-refractivity contribution in [2.45, 2.75) is 33.6 Å². The van der Waals surface area contributed by atoms with Gasteiger partial charge in [-0.15, -0.1) is 0 Å². The quantitative estimate of drug-likeness (QED) is 0.607. The van der Waals surface area contributed by atoms with E-state index in [-0.39, 0.29) is 17.0 Å². The highest BCUT2D eigenvalue weighted by molar-refractivity contribution is 5.38. The molecule has 0 aliphatic rings. The lowest BCUT2D eigenvalue weighted by Crippen LogP contribution is -2.06. The van der Waals surface area contributed by atoms with Crippen molar-refractivity contribution in [3.63, 3.8) is 0 Å². The summed E-state index contributed by atoms with van der Waals surface area (Å²) in [5, 5.41) is 0. The zero-order valence-corrected chi connectivity index (χ0v) is 8.71. The van der Waals surface area contributed by atoms with Crippen molar-refractivity contribution in [1.82, 2.24) is 0 Å². The molecule has 0 saturated heterocycles. The van der Waals surface area contributed by atoms with Crippen LogP contribution in [0.1, 0.15) is 36.5 Å². The summed E-state index contributed by atoms with van der Waals surface area (Å²) in [7, 11) is 0. The zero-order valence-electron chi connectivity index (χ0n) is 8.71. The highest BCUT2D eigenvalue weighted by atomic mass is 19.2. The van der Waals surface area contributed by atoms with Gasteiger partial charge in [0, 0.05) is 0 Å². The molecule has 3 heteroatoms. The van der Waals surface area contributed by atoms with Crippen molar-refractivity contribution in [2.24, 2.45) is 0 Å². The van der Waals surface area contributed by atoms with Crippen LogP contribution in [-0.4, -0.2) is 0 Å². The van der Waals surface area contributed by atoms with Crippen LogP contribution in [0, 0.1) is 31.3 Å². The molecule has 78 valence electrons. The second kappa shape index (κ2) is 3.64. The fraction of sp³-hybridized carbons (Fsp3) is 0.455. The Hall–Kier alpha value is -0.990. The van der Waals surface area contributed by atoms with Gasteiger partial charge in [-0.3, -0.25) is 0 Å². The largest absolute Gasteiger partial charge is 0.203 e. The lowest BCUT2D eigenvalue weighted by molar-refractivity contribution is 0.436. The smallest absolute Gasteiger partial charge is 0.194 e. The van der Waals surface area contributed by atoms with E-state index in [1.165, 1.54) is 13.8 Å². The van der Waals surface area contributed by atoms with Crippen LogP contribution < -0.4 is 0 Å². The molecule has 1 aromatic rings. The van der Waals surface area contributed by atoms with E-state index in [9.17, 15) is 13.2 Å². The molecule has 0 aliphatic carbocycles. The van der Waals surface area contributed by atoms with Crippen molar-refractivity contribution in [1.29, 1.82) is 0 Å². The van der Waals surface area contributed by atoms with Gasteiger partial charge in [-0.1, -0.05) is 13.8 Å². The van der Waals surface area contributed by atoms with Crippen molar-refractivity contribution in [3.05, 3.63) is 34.1 Å². The average Bonchev–Trinajstić information content (AvgIpc) is 2.11. The molecule has 0 aromatic heterocycles. The van der Waals surface area contributed by atoms with Crippen LogP contribution in [0.15, 0.2) is 0 Å². The summed E-state index contributed by atoms with van der Waals surface area (Å²) in [6.07, 6.45) is 0. The Balaban J connectivity index is 3.60. The summed E-state index contributed by atoms with van der Waals surface area (Å²) in [5.41, 5.74) is 0.967. The molecule has 0 nitrogen and oxygen atoms in total. The van der Waals surface area contributed by atoms with E-state index in [0.717, 1.165) is 0 Å². The third-order valence-electron chi connectivity index (χ3n) is 2.43. The fourth-order valence-electron chi connectivity index (χ4n) is 1.81. The first-order valence-corrected chi connectivity index (χ1v) is 4.51. The maximum atomic E-state index is 13.2. The zero-order chi connectivity index (χ0) is 11.0. The standard InChI is InChI=1S/C11H13F3/c1-5(2)8-6(3)9(12)11(14)10(13)7(8)4/h5H,1-4H3. The van der Waals surface area contributed by atoms with Gasteiger partial charge in [-0.25, -0.2) is 13.2 Å². The first-order valence-electron chi connectivity index (χ1n) is 4.51. The Bertz CT molecular complexity index is 338. The molecule has 0 amide bonds. The molecule has 0 heterocycles. The number of halogens is 3. The third kappa shape index (κ3) is 1.51. The summed E-state index contributed by atoms with van der Waals surface area (Å²) in [6.45, 7) is 6.60. The summed E-state index contributed by atoms with van der Waals surface area (Å²) in [6, 6.07) is 0. The Morgan fingerprint density at radius 1 is 0.786 bits per heavy atom. The fourth-order valence-corrected chi connectivity index (χ4v) is 1.81. The van der Waals surface area contributed by atoms with Gasteiger partial charge >= 0.3 is 0 Å². The third-order valence-corrected chi connectivity index (χ3v) is 2.43. The van der Waals surface area contributed by atoms with Gasteiger partial charge in [-0.2, -0.15) is 0 Å². The van der Waals surface area contributed by atoms with E-state index in [1.54, 1.807) is 0 Å². The number of rotatable bonds is 1. The molecule has 0 radical (unpaired) electrons. The average molecular weight is 202 g/mol. The van der Waals surface area contributed by atoms with Gasteiger partial charge in [0.2, 0.25) is 0 Å². The molecule has 0 spiro atoms. The van der Waals surface area contributed by atoms with Crippen LogP contribution in [0.2, 0.25) is 0 Å². The molecule has 0 saturated carbocycles. The highest BCUT2D eigenvalue weighted by Crippen LogP contribution is 2.29. The summed E-state index contributed by atoms with van der Waals surface area (Å²) >= 11 is 0. The Kier molecular flexibility index (Phi) is 2.88. The number of hydrogen-bond acceptors (Lipinski definition) is 0. The maximum Gasteiger partial charge on any atom is 0.194 e. The SMILES string of the molecule is Cc1c(F)c(F)c(F)c(C)c1C(C)C. The molecule has 14 heavy (non-hydrogen) atoms. The molecule has 1 rings (SSSR count). The molecule has 0 aliphatic heterocycles. The van der Waals surface area contributed by atoms with Crippen molar-refractivity contribution < 1.29 is 13.2 Å². The summed E-state index contributed by atoms with van der Waals surface area (Å²) in [5.74, 6) is -3.53. The Morgan fingerprint density at radius 2 is 1.14 bits per heavy atom. The summed E-state index contributed by atoms with van der Waals surface area (Å²) < 4.78 is 39.3. The van der Waals surface area contributed by atoms with Crippen LogP contribution in [0.4, 0.5) is 13.2 Å². The first-order chi connectivity index (χ1) is 6.37. The van der Waals surface area contributed by atoms with Crippen LogP contribution >= 0.6 is 0 Å².